The number of rotatable bonds is 7. The monoisotopic (exact) mass is 208 g/mol. The predicted molar refractivity (Wildman–Crippen MR) is 51.5 cm³/mol. The van der Waals surface area contributed by atoms with Gasteiger partial charge in [0.05, 0.1) is 10.1 Å². The highest BCUT2D eigenvalue weighted by molar-refractivity contribution is 7.85. The molecule has 0 aromatic heterocycles. The summed E-state index contributed by atoms with van der Waals surface area (Å²) in [5.41, 5.74) is 0. The van der Waals surface area contributed by atoms with Gasteiger partial charge in [0.2, 0.25) is 0 Å². The molecule has 0 heterocycles. The van der Waals surface area contributed by atoms with Crippen LogP contribution in [-0.2, 0) is 10.1 Å². The summed E-state index contributed by atoms with van der Waals surface area (Å²) >= 11 is 0. The van der Waals surface area contributed by atoms with Gasteiger partial charge in [-0.25, -0.2) is 8.42 Å². The van der Waals surface area contributed by atoms with Crippen LogP contribution in [0.3, 0.4) is 0 Å². The van der Waals surface area contributed by atoms with E-state index in [1.54, 1.807) is 0 Å². The molecule has 0 rings (SSSR count). The Hall–Kier alpha value is -0.130. The van der Waals surface area contributed by atoms with Gasteiger partial charge in [-0.15, -0.1) is 0 Å². The summed E-state index contributed by atoms with van der Waals surface area (Å²) in [5.74, 6) is 0.387. The Morgan fingerprint density at radius 3 is 2.38 bits per heavy atom. The molecule has 0 atom stereocenters. The van der Waals surface area contributed by atoms with Gasteiger partial charge in [-0.3, -0.25) is 0 Å². The molecule has 13 heavy (non-hydrogen) atoms. The van der Waals surface area contributed by atoms with Gasteiger partial charge in [-0.05, 0) is 31.8 Å². The van der Waals surface area contributed by atoms with Crippen LogP contribution in [0.5, 0.6) is 0 Å². The van der Waals surface area contributed by atoms with Crippen LogP contribution in [0.15, 0.2) is 0 Å². The van der Waals surface area contributed by atoms with Gasteiger partial charge in [0.1, 0.15) is 0 Å². The third-order valence-electron chi connectivity index (χ3n) is 1.65. The first-order valence-electron chi connectivity index (χ1n) is 4.56. The Bertz CT molecular complexity index is 211. The maximum atomic E-state index is 10.2. The van der Waals surface area contributed by atoms with Gasteiger partial charge in [0.25, 0.3) is 0 Å². The molecule has 0 fully saturated rings. The zero-order chi connectivity index (χ0) is 10.3. The summed E-state index contributed by atoms with van der Waals surface area (Å²) in [6, 6.07) is 0. The molecule has 0 aliphatic heterocycles. The lowest BCUT2D eigenvalue weighted by Crippen LogP contribution is -2.20. The molecular weight excluding hydrogens is 190 g/mol. The minimum absolute atomic E-state index is 0.262. The van der Waals surface area contributed by atoms with E-state index in [1.165, 1.54) is 0 Å². The summed E-state index contributed by atoms with van der Waals surface area (Å²) in [7, 11) is -4.02. The highest BCUT2D eigenvalue weighted by Crippen LogP contribution is 1.96. The average molecular weight is 208 g/mol. The van der Waals surface area contributed by atoms with E-state index in [2.05, 4.69) is 19.2 Å². The summed E-state index contributed by atoms with van der Waals surface area (Å²) < 4.78 is 30.6. The fourth-order valence-corrected chi connectivity index (χ4v) is 1.39. The Morgan fingerprint density at radius 2 is 1.92 bits per heavy atom. The fraction of sp³-hybridized carbons (Fsp3) is 1.00. The van der Waals surface area contributed by atoms with Gasteiger partial charge < -0.3 is 9.87 Å². The normalized spacial score (nSPS) is 12.3. The summed E-state index contributed by atoms with van der Waals surface area (Å²) in [6.07, 6.45) is 1.48. The molecule has 0 radical (unpaired) electrons. The molecule has 0 aliphatic rings. The van der Waals surface area contributed by atoms with Crippen molar-refractivity contribution < 1.29 is 13.0 Å². The molecule has 0 aromatic carbocycles. The predicted octanol–water partition coefficient (Wildman–Crippen LogP) is 0.557. The topological polar surface area (TPSA) is 69.2 Å². The molecule has 0 amide bonds. The van der Waals surface area contributed by atoms with Crippen molar-refractivity contribution in [2.75, 3.05) is 18.8 Å². The van der Waals surface area contributed by atoms with E-state index in [4.69, 9.17) is 0 Å². The van der Waals surface area contributed by atoms with Gasteiger partial charge >= 0.3 is 0 Å². The zero-order valence-electron chi connectivity index (χ0n) is 8.25. The minimum atomic E-state index is -4.02. The first-order valence-corrected chi connectivity index (χ1v) is 6.14. The smallest absolute Gasteiger partial charge is 0.0946 e. The van der Waals surface area contributed by atoms with Crippen LogP contribution in [0, 0.1) is 5.92 Å². The second-order valence-corrected chi connectivity index (χ2v) is 5.07. The molecule has 1 N–H and O–H groups in total. The van der Waals surface area contributed by atoms with E-state index in [0.29, 0.717) is 18.9 Å². The van der Waals surface area contributed by atoms with Crippen molar-refractivity contribution >= 4 is 10.1 Å². The second-order valence-electron chi connectivity index (χ2n) is 3.55. The van der Waals surface area contributed by atoms with E-state index in [1.807, 2.05) is 0 Å². The largest absolute Gasteiger partial charge is 0.748 e. The lowest BCUT2D eigenvalue weighted by atomic mass is 10.1. The molecule has 0 spiro atoms. The number of hydrogen-bond donors (Lipinski definition) is 1. The summed E-state index contributed by atoms with van der Waals surface area (Å²) in [4.78, 5) is 0. The first kappa shape index (κ1) is 12.9. The molecular formula is C8H18NO3S-. The lowest BCUT2D eigenvalue weighted by Gasteiger charge is -2.08. The molecule has 0 aromatic rings. The van der Waals surface area contributed by atoms with Gasteiger partial charge in [0, 0.05) is 5.75 Å². The average Bonchev–Trinajstić information content (AvgIpc) is 1.93. The molecule has 0 aliphatic carbocycles. The standard InChI is InChI=1S/C8H19NO3S/c1-8(2)4-6-9-5-3-7-13(10,11)12/h8-9H,3-7H2,1-2H3,(H,10,11,12)/p-1. The van der Waals surface area contributed by atoms with Crippen molar-refractivity contribution in [3.63, 3.8) is 0 Å². The Labute approximate surface area is 80.5 Å². The van der Waals surface area contributed by atoms with Crippen LogP contribution in [-0.4, -0.2) is 31.8 Å². The zero-order valence-corrected chi connectivity index (χ0v) is 9.06. The molecule has 0 saturated heterocycles. The molecule has 5 heteroatoms. The maximum Gasteiger partial charge on any atom is 0.0946 e. The minimum Gasteiger partial charge on any atom is -0.748 e. The van der Waals surface area contributed by atoms with Gasteiger partial charge in [-0.1, -0.05) is 13.8 Å². The van der Waals surface area contributed by atoms with Crippen LogP contribution in [0.25, 0.3) is 0 Å². The van der Waals surface area contributed by atoms with Crippen molar-refractivity contribution in [2.24, 2.45) is 5.92 Å². The van der Waals surface area contributed by atoms with Crippen molar-refractivity contribution in [1.29, 1.82) is 0 Å². The molecule has 0 unspecified atom stereocenters. The third-order valence-corrected chi connectivity index (χ3v) is 2.44. The summed E-state index contributed by atoms with van der Waals surface area (Å²) in [5, 5.41) is 3.09. The first-order chi connectivity index (χ1) is 5.92. The third kappa shape index (κ3) is 11.9. The van der Waals surface area contributed by atoms with Gasteiger partial charge in [-0.2, -0.15) is 0 Å². The maximum absolute atomic E-state index is 10.2. The van der Waals surface area contributed by atoms with Crippen molar-refractivity contribution in [3.05, 3.63) is 0 Å². The van der Waals surface area contributed by atoms with Crippen LogP contribution in [0.1, 0.15) is 26.7 Å². The number of nitrogens with one attached hydrogen (secondary N) is 1. The van der Waals surface area contributed by atoms with Crippen molar-refractivity contribution in [1.82, 2.24) is 5.32 Å². The van der Waals surface area contributed by atoms with Crippen LogP contribution in [0.4, 0.5) is 0 Å². The highest BCUT2D eigenvalue weighted by Gasteiger charge is 1.95. The SMILES string of the molecule is CC(C)CCNCCCS(=O)(=O)[O-]. The van der Waals surface area contributed by atoms with Crippen molar-refractivity contribution in [2.45, 2.75) is 26.7 Å². The van der Waals surface area contributed by atoms with E-state index < -0.39 is 10.1 Å². The fourth-order valence-electron chi connectivity index (χ4n) is 0.890. The quantitative estimate of drug-likeness (QED) is 0.490. The summed E-state index contributed by atoms with van der Waals surface area (Å²) in [6.45, 7) is 5.75. The van der Waals surface area contributed by atoms with Crippen LogP contribution in [0.2, 0.25) is 0 Å². The van der Waals surface area contributed by atoms with Crippen molar-refractivity contribution in [3.8, 4) is 0 Å². The van der Waals surface area contributed by atoms with E-state index in [-0.39, 0.29) is 5.75 Å². The molecule has 80 valence electrons. The second kappa shape index (κ2) is 6.34. The molecule has 0 bridgehead atoms. The molecule has 4 nitrogen and oxygen atoms in total. The Kier molecular flexibility index (Phi) is 6.28. The van der Waals surface area contributed by atoms with Crippen LogP contribution >= 0.6 is 0 Å². The van der Waals surface area contributed by atoms with E-state index in [0.717, 1.165) is 13.0 Å². The number of hydrogen-bond acceptors (Lipinski definition) is 4. The Balaban J connectivity index is 3.18. The van der Waals surface area contributed by atoms with E-state index >= 15 is 0 Å². The molecule has 0 saturated carbocycles. The van der Waals surface area contributed by atoms with E-state index in [9.17, 15) is 13.0 Å². The van der Waals surface area contributed by atoms with Gasteiger partial charge in [0.15, 0.2) is 0 Å². The Morgan fingerprint density at radius 1 is 1.31 bits per heavy atom. The lowest BCUT2D eigenvalue weighted by molar-refractivity contribution is 0.459. The van der Waals surface area contributed by atoms with Crippen LogP contribution < -0.4 is 5.32 Å². The highest BCUT2D eigenvalue weighted by atomic mass is 32.2.